The van der Waals surface area contributed by atoms with Gasteiger partial charge in [0.25, 0.3) is 0 Å². The molecule has 1 saturated carbocycles. The van der Waals surface area contributed by atoms with Crippen molar-refractivity contribution in [1.82, 2.24) is 35.1 Å². The second-order valence-corrected chi connectivity index (χ2v) is 15.0. The number of hydrogen-bond acceptors (Lipinski definition) is 5. The van der Waals surface area contributed by atoms with Gasteiger partial charge >= 0.3 is 0 Å². The summed E-state index contributed by atoms with van der Waals surface area (Å²) in [6.45, 7) is 15.3. The van der Waals surface area contributed by atoms with E-state index in [1.54, 1.807) is 0 Å². The zero-order chi connectivity index (χ0) is 35.6. The van der Waals surface area contributed by atoms with Crippen LogP contribution in [0.15, 0.2) is 48.5 Å². The zero-order valence-electron chi connectivity index (χ0n) is 29.8. The molecule has 2 aromatic heterocycles. The molecule has 0 saturated heterocycles. The number of aromatic amines is 2. The maximum absolute atomic E-state index is 13.8. The highest BCUT2D eigenvalue weighted by molar-refractivity contribution is 6.32. The summed E-state index contributed by atoms with van der Waals surface area (Å²) in [6, 6.07) is 16.1. The number of nitrogens with one attached hydrogen (secondary N) is 3. The van der Waals surface area contributed by atoms with Gasteiger partial charge in [0.2, 0.25) is 11.8 Å². The maximum Gasteiger partial charge on any atom is 0.246 e. The van der Waals surface area contributed by atoms with Gasteiger partial charge in [-0.3, -0.25) is 14.5 Å². The van der Waals surface area contributed by atoms with Gasteiger partial charge in [-0.25, -0.2) is 9.97 Å². The lowest BCUT2D eigenvalue weighted by atomic mass is 10.0. The van der Waals surface area contributed by atoms with Crippen molar-refractivity contribution in [2.24, 2.45) is 17.8 Å². The summed E-state index contributed by atoms with van der Waals surface area (Å²) in [6.07, 6.45) is 1.87. The monoisotopic (exact) mass is 705 g/mol. The Morgan fingerprint density at radius 3 is 1.59 bits per heavy atom. The number of benzene rings is 2. The molecule has 3 atom stereocenters. The number of carbonyl (C=O) groups excluding carboxylic acids is 2. The minimum Gasteiger partial charge on any atom is -0.344 e. The molecule has 1 fully saturated rings. The van der Waals surface area contributed by atoms with Gasteiger partial charge in [-0.2, -0.15) is 0 Å². The summed E-state index contributed by atoms with van der Waals surface area (Å²) in [7, 11) is 2.10. The summed E-state index contributed by atoms with van der Waals surface area (Å²) in [5.41, 5.74) is 5.29. The van der Waals surface area contributed by atoms with Crippen LogP contribution >= 0.6 is 23.2 Å². The number of H-pyrrole nitrogens is 2. The van der Waals surface area contributed by atoms with Gasteiger partial charge in [-0.05, 0) is 62.6 Å². The number of amides is 2. The van der Waals surface area contributed by atoms with E-state index in [2.05, 4.69) is 74.0 Å². The van der Waals surface area contributed by atoms with E-state index in [-0.39, 0.29) is 36.2 Å². The molecule has 2 amide bonds. The number of imidazole rings is 2. The predicted octanol–water partition coefficient (Wildman–Crippen LogP) is 8.20. The van der Waals surface area contributed by atoms with Crippen LogP contribution in [0, 0.1) is 17.8 Å². The van der Waals surface area contributed by atoms with Crippen molar-refractivity contribution in [3.63, 3.8) is 0 Å². The van der Waals surface area contributed by atoms with E-state index in [1.165, 1.54) is 6.92 Å². The Kier molecular flexibility index (Phi) is 11.6. The number of halogens is 2. The van der Waals surface area contributed by atoms with E-state index >= 15 is 0 Å². The largest absolute Gasteiger partial charge is 0.344 e. The van der Waals surface area contributed by atoms with E-state index in [0.717, 1.165) is 46.6 Å². The number of rotatable bonds is 14. The lowest BCUT2D eigenvalue weighted by Crippen LogP contribution is -2.52. The summed E-state index contributed by atoms with van der Waals surface area (Å²) >= 11 is 13.3. The molecule has 49 heavy (non-hydrogen) atoms. The first-order valence-electron chi connectivity index (χ1n) is 17.2. The zero-order valence-corrected chi connectivity index (χ0v) is 31.3. The highest BCUT2D eigenvalue weighted by atomic mass is 35.5. The Labute approximate surface area is 300 Å². The molecule has 9 nitrogen and oxygen atoms in total. The van der Waals surface area contributed by atoms with Crippen molar-refractivity contribution in [2.45, 2.75) is 92.5 Å². The van der Waals surface area contributed by atoms with Gasteiger partial charge in [0, 0.05) is 30.1 Å². The Morgan fingerprint density at radius 1 is 0.755 bits per heavy atom. The van der Waals surface area contributed by atoms with Crippen LogP contribution in [0.25, 0.3) is 33.6 Å². The van der Waals surface area contributed by atoms with Gasteiger partial charge in [0.15, 0.2) is 0 Å². The van der Waals surface area contributed by atoms with Crippen molar-refractivity contribution in [2.75, 3.05) is 7.05 Å². The lowest BCUT2D eigenvalue weighted by molar-refractivity contribution is -0.140. The number of hydrogen-bond donors (Lipinski definition) is 3. The SMILES string of the molecule is CC(=O)NC(C(=O)N(Cc1nc(-c2ccc(-c3ccc(-c4nc(CN(C)[C@H](C)C(C)C)[nH]c4Cl)cc3)cc2)c(Cl)[nH]1)C(C)C(C)C)C1CC1. The molecule has 2 aromatic carbocycles. The van der Waals surface area contributed by atoms with Crippen LogP contribution in [0.1, 0.15) is 73.0 Å². The topological polar surface area (TPSA) is 110 Å². The van der Waals surface area contributed by atoms with E-state index in [0.29, 0.717) is 40.3 Å². The first-order chi connectivity index (χ1) is 23.2. The normalized spacial score (nSPS) is 15.1. The first-order valence-corrected chi connectivity index (χ1v) is 18.0. The second-order valence-electron chi connectivity index (χ2n) is 14.2. The molecule has 0 radical (unpaired) electrons. The van der Waals surface area contributed by atoms with Crippen molar-refractivity contribution >= 4 is 35.0 Å². The molecule has 1 aliphatic carbocycles. The third-order valence-corrected chi connectivity index (χ3v) is 10.5. The summed E-state index contributed by atoms with van der Waals surface area (Å²) in [4.78, 5) is 45.8. The molecule has 1 aliphatic rings. The molecular formula is C38H49Cl2N7O2. The molecule has 11 heteroatoms. The molecule has 5 rings (SSSR count). The molecule has 0 bridgehead atoms. The maximum atomic E-state index is 13.8. The lowest BCUT2D eigenvalue weighted by Gasteiger charge is -2.34. The van der Waals surface area contributed by atoms with Crippen LogP contribution in [-0.2, 0) is 22.7 Å². The standard InChI is InChI=1S/C38H49Cl2N7O2/c1-21(2)23(5)46(8)19-31-42-33(36(39)44-31)28-13-9-26(10-14-28)27-11-15-29(16-12-27)34-37(40)45-32(43-34)20-47(24(6)22(3)4)38(49)35(30-17-18-30)41-25(7)48/h9-16,21-24,30,35H,17-20H2,1-8H3,(H,41,48)(H,42,44)(H,43,45)/t23-,24?,35?/m1/s1. The van der Waals surface area contributed by atoms with Crippen molar-refractivity contribution in [3.8, 4) is 33.6 Å². The van der Waals surface area contributed by atoms with Gasteiger partial charge < -0.3 is 20.2 Å². The summed E-state index contributed by atoms with van der Waals surface area (Å²) < 4.78 is 0. The van der Waals surface area contributed by atoms with Crippen LogP contribution in [-0.4, -0.2) is 66.7 Å². The van der Waals surface area contributed by atoms with Gasteiger partial charge in [0.05, 0.1) is 13.1 Å². The summed E-state index contributed by atoms with van der Waals surface area (Å²) in [5, 5.41) is 3.84. The molecule has 0 aliphatic heterocycles. The fraction of sp³-hybridized carbons (Fsp3) is 0.474. The van der Waals surface area contributed by atoms with Gasteiger partial charge in [-0.1, -0.05) is 99.4 Å². The van der Waals surface area contributed by atoms with Gasteiger partial charge in [-0.15, -0.1) is 0 Å². The average molecular weight is 707 g/mol. The van der Waals surface area contributed by atoms with E-state index < -0.39 is 6.04 Å². The van der Waals surface area contributed by atoms with Crippen LogP contribution in [0.5, 0.6) is 0 Å². The van der Waals surface area contributed by atoms with Crippen molar-refractivity contribution < 1.29 is 9.59 Å². The molecule has 2 heterocycles. The van der Waals surface area contributed by atoms with Crippen LogP contribution in [0.3, 0.4) is 0 Å². The molecule has 3 N–H and O–H groups in total. The minimum absolute atomic E-state index is 0.0631. The third-order valence-electron chi connectivity index (χ3n) is 9.90. The highest BCUT2D eigenvalue weighted by Crippen LogP contribution is 2.35. The molecule has 262 valence electrons. The molecule has 4 aromatic rings. The van der Waals surface area contributed by atoms with E-state index in [4.69, 9.17) is 33.2 Å². The molecule has 2 unspecified atom stereocenters. The van der Waals surface area contributed by atoms with E-state index in [1.807, 2.05) is 48.2 Å². The highest BCUT2D eigenvalue weighted by Gasteiger charge is 2.40. The Balaban J connectivity index is 1.29. The fourth-order valence-electron chi connectivity index (χ4n) is 6.01. The molecular weight excluding hydrogens is 657 g/mol. The first kappa shape index (κ1) is 36.6. The summed E-state index contributed by atoms with van der Waals surface area (Å²) in [5.74, 6) is 2.09. The van der Waals surface area contributed by atoms with Gasteiger partial charge in [0.1, 0.15) is 39.4 Å². The van der Waals surface area contributed by atoms with Crippen molar-refractivity contribution in [3.05, 3.63) is 70.5 Å². The number of nitrogens with zero attached hydrogens (tertiary/aromatic N) is 4. The fourth-order valence-corrected chi connectivity index (χ4v) is 6.53. The van der Waals surface area contributed by atoms with Crippen LogP contribution < -0.4 is 5.32 Å². The number of carbonyl (C=O) groups is 2. The smallest absolute Gasteiger partial charge is 0.246 e. The Bertz CT molecular complexity index is 1740. The van der Waals surface area contributed by atoms with Crippen molar-refractivity contribution in [1.29, 1.82) is 0 Å². The Hall–Kier alpha value is -3.66. The average Bonchev–Trinajstić information content (AvgIpc) is 3.75. The minimum atomic E-state index is -0.524. The third kappa shape index (κ3) is 8.74. The van der Waals surface area contributed by atoms with Crippen LogP contribution in [0.2, 0.25) is 10.3 Å². The van der Waals surface area contributed by atoms with E-state index in [9.17, 15) is 9.59 Å². The van der Waals surface area contributed by atoms with Crippen LogP contribution in [0.4, 0.5) is 0 Å². The molecule has 0 spiro atoms. The second kappa shape index (κ2) is 15.5. The number of aromatic nitrogens is 4. The Morgan fingerprint density at radius 2 is 1.18 bits per heavy atom. The quantitative estimate of drug-likeness (QED) is 0.123. The predicted molar refractivity (Wildman–Crippen MR) is 198 cm³/mol.